The first-order valence-electron chi connectivity index (χ1n) is 6.07. The minimum absolute atomic E-state index is 0.0411. The van der Waals surface area contributed by atoms with Crippen LogP contribution in [0.4, 0.5) is 0 Å². The van der Waals surface area contributed by atoms with Gasteiger partial charge in [0.15, 0.2) is 11.5 Å². The maximum atomic E-state index is 5.38. The molecule has 0 amide bonds. The average molecular weight is 332 g/mol. The summed E-state index contributed by atoms with van der Waals surface area (Å²) in [6.45, 7) is 5.18. The average Bonchev–Trinajstić information content (AvgIpc) is 2.43. The van der Waals surface area contributed by atoms with Crippen LogP contribution in [0.3, 0.4) is 0 Å². The number of hydrogen-bond donors (Lipinski definition) is 1. The molecule has 4 nitrogen and oxygen atoms in total. The minimum atomic E-state index is -0.0411. The van der Waals surface area contributed by atoms with E-state index in [9.17, 15) is 0 Å². The summed E-state index contributed by atoms with van der Waals surface area (Å²) in [5.41, 5.74) is 1.86. The molecule has 1 aromatic rings. The van der Waals surface area contributed by atoms with Crippen molar-refractivity contribution in [1.29, 1.82) is 0 Å². The van der Waals surface area contributed by atoms with E-state index in [0.717, 1.165) is 17.6 Å². The van der Waals surface area contributed by atoms with Crippen LogP contribution in [0.5, 0.6) is 17.2 Å². The van der Waals surface area contributed by atoms with Gasteiger partial charge in [-0.1, -0.05) is 29.8 Å². The molecule has 1 N–H and O–H groups in total. The highest BCUT2D eigenvalue weighted by atomic mass is 79.9. The number of ether oxygens (including phenoxy) is 3. The van der Waals surface area contributed by atoms with Gasteiger partial charge >= 0.3 is 0 Å². The van der Waals surface area contributed by atoms with Crippen LogP contribution in [0, 0.1) is 0 Å². The predicted octanol–water partition coefficient (Wildman–Crippen LogP) is 2.93. The molecule has 0 heterocycles. The van der Waals surface area contributed by atoms with Gasteiger partial charge in [-0.15, -0.1) is 0 Å². The first-order chi connectivity index (χ1) is 9.00. The van der Waals surface area contributed by atoms with Crippen LogP contribution in [0.15, 0.2) is 12.1 Å². The molecule has 0 aliphatic carbocycles. The monoisotopic (exact) mass is 331 g/mol. The molecule has 0 aromatic heterocycles. The lowest BCUT2D eigenvalue weighted by molar-refractivity contribution is 0.322. The molecule has 19 heavy (non-hydrogen) atoms. The maximum Gasteiger partial charge on any atom is 0.203 e. The van der Waals surface area contributed by atoms with Gasteiger partial charge in [0.05, 0.1) is 26.8 Å². The third-order valence-electron chi connectivity index (χ3n) is 3.11. The normalized spacial score (nSPS) is 11.3. The molecule has 0 aliphatic rings. The van der Waals surface area contributed by atoms with Crippen LogP contribution >= 0.6 is 15.9 Å². The molecular formula is C14H22BrNO3. The third kappa shape index (κ3) is 3.76. The summed E-state index contributed by atoms with van der Waals surface area (Å²) >= 11 is 3.37. The van der Waals surface area contributed by atoms with Crippen LogP contribution in [-0.4, -0.2) is 33.3 Å². The Morgan fingerprint density at radius 1 is 1.05 bits per heavy atom. The zero-order valence-corrected chi connectivity index (χ0v) is 13.8. The second-order valence-electron chi connectivity index (χ2n) is 4.86. The minimum Gasteiger partial charge on any atom is -0.493 e. The van der Waals surface area contributed by atoms with Crippen molar-refractivity contribution in [2.24, 2.45) is 0 Å². The first kappa shape index (κ1) is 16.1. The van der Waals surface area contributed by atoms with Gasteiger partial charge in [-0.3, -0.25) is 0 Å². The summed E-state index contributed by atoms with van der Waals surface area (Å²) in [5.74, 6) is 1.99. The Hall–Kier alpha value is -0.940. The summed E-state index contributed by atoms with van der Waals surface area (Å²) in [7, 11) is 4.87. The molecular weight excluding hydrogens is 310 g/mol. The van der Waals surface area contributed by atoms with Crippen molar-refractivity contribution >= 4 is 15.9 Å². The Labute approximate surface area is 123 Å². The summed E-state index contributed by atoms with van der Waals surface area (Å²) < 4.78 is 16.1. The summed E-state index contributed by atoms with van der Waals surface area (Å²) in [4.78, 5) is 0. The van der Waals surface area contributed by atoms with Gasteiger partial charge in [0.2, 0.25) is 5.75 Å². The second-order valence-corrected chi connectivity index (χ2v) is 5.42. The number of rotatable bonds is 7. The standard InChI is InChI=1S/C14H22BrNO3/c1-14(2,8-16-9-15)10-6-11(17-3)13(19-5)12(7-10)18-4/h6-7,16H,8-9H2,1-5H3. The molecule has 5 heteroatoms. The molecule has 0 saturated carbocycles. The van der Waals surface area contributed by atoms with E-state index < -0.39 is 0 Å². The van der Waals surface area contributed by atoms with Crippen molar-refractivity contribution in [2.45, 2.75) is 19.3 Å². The molecule has 0 atom stereocenters. The molecule has 0 saturated heterocycles. The fourth-order valence-electron chi connectivity index (χ4n) is 1.93. The van der Waals surface area contributed by atoms with Crippen molar-refractivity contribution in [3.8, 4) is 17.2 Å². The fourth-order valence-corrected chi connectivity index (χ4v) is 2.13. The molecule has 0 fully saturated rings. The van der Waals surface area contributed by atoms with Crippen LogP contribution in [-0.2, 0) is 5.41 Å². The number of benzene rings is 1. The third-order valence-corrected chi connectivity index (χ3v) is 3.50. The molecule has 1 rings (SSSR count). The van der Waals surface area contributed by atoms with Gasteiger partial charge in [-0.05, 0) is 17.7 Å². The smallest absolute Gasteiger partial charge is 0.203 e. The van der Waals surface area contributed by atoms with E-state index in [-0.39, 0.29) is 5.41 Å². The van der Waals surface area contributed by atoms with E-state index in [4.69, 9.17) is 14.2 Å². The van der Waals surface area contributed by atoms with Gasteiger partial charge in [0.1, 0.15) is 0 Å². The molecule has 0 aliphatic heterocycles. The molecule has 0 unspecified atom stereocenters. The van der Waals surface area contributed by atoms with E-state index in [0.29, 0.717) is 17.2 Å². The highest BCUT2D eigenvalue weighted by molar-refractivity contribution is 9.09. The van der Waals surface area contributed by atoms with E-state index >= 15 is 0 Å². The quantitative estimate of drug-likeness (QED) is 0.616. The van der Waals surface area contributed by atoms with E-state index in [1.807, 2.05) is 12.1 Å². The zero-order chi connectivity index (χ0) is 14.5. The highest BCUT2D eigenvalue weighted by Gasteiger charge is 2.24. The van der Waals surface area contributed by atoms with Crippen molar-refractivity contribution in [2.75, 3.05) is 33.3 Å². The van der Waals surface area contributed by atoms with E-state index in [1.165, 1.54) is 0 Å². The lowest BCUT2D eigenvalue weighted by Crippen LogP contribution is -2.32. The van der Waals surface area contributed by atoms with E-state index in [1.54, 1.807) is 21.3 Å². The van der Waals surface area contributed by atoms with Crippen LogP contribution < -0.4 is 19.5 Å². The Morgan fingerprint density at radius 3 is 1.95 bits per heavy atom. The number of halogens is 1. The summed E-state index contributed by atoms with van der Waals surface area (Å²) in [6.07, 6.45) is 0. The Balaban J connectivity index is 3.22. The molecule has 0 radical (unpaired) electrons. The van der Waals surface area contributed by atoms with Crippen LogP contribution in [0.2, 0.25) is 0 Å². The summed E-state index contributed by atoms with van der Waals surface area (Å²) in [6, 6.07) is 3.99. The summed E-state index contributed by atoms with van der Waals surface area (Å²) in [5, 5.41) is 3.29. The molecule has 0 bridgehead atoms. The fraction of sp³-hybridized carbons (Fsp3) is 0.571. The number of methoxy groups -OCH3 is 3. The maximum absolute atomic E-state index is 5.38. The van der Waals surface area contributed by atoms with E-state index in [2.05, 4.69) is 35.1 Å². The van der Waals surface area contributed by atoms with Gasteiger partial charge in [-0.2, -0.15) is 0 Å². The van der Waals surface area contributed by atoms with Crippen molar-refractivity contribution in [3.05, 3.63) is 17.7 Å². The molecule has 1 aromatic carbocycles. The predicted molar refractivity (Wildman–Crippen MR) is 80.9 cm³/mol. The Bertz CT molecular complexity index is 396. The molecule has 0 spiro atoms. The van der Waals surface area contributed by atoms with Crippen molar-refractivity contribution in [1.82, 2.24) is 5.32 Å². The van der Waals surface area contributed by atoms with Gasteiger partial charge in [0.25, 0.3) is 0 Å². The number of alkyl halides is 1. The largest absolute Gasteiger partial charge is 0.493 e. The SMILES string of the molecule is COc1cc(C(C)(C)CNCBr)cc(OC)c1OC. The van der Waals surface area contributed by atoms with Crippen molar-refractivity contribution < 1.29 is 14.2 Å². The number of hydrogen-bond acceptors (Lipinski definition) is 4. The second kappa shape index (κ2) is 7.01. The highest BCUT2D eigenvalue weighted by Crippen LogP contribution is 2.41. The van der Waals surface area contributed by atoms with Crippen LogP contribution in [0.25, 0.3) is 0 Å². The lowest BCUT2D eigenvalue weighted by atomic mass is 9.84. The van der Waals surface area contributed by atoms with Gasteiger partial charge < -0.3 is 19.5 Å². The zero-order valence-electron chi connectivity index (χ0n) is 12.2. The Morgan fingerprint density at radius 2 is 1.58 bits per heavy atom. The van der Waals surface area contributed by atoms with Crippen LogP contribution in [0.1, 0.15) is 19.4 Å². The Kier molecular flexibility index (Phi) is 5.94. The topological polar surface area (TPSA) is 39.7 Å². The van der Waals surface area contributed by atoms with Gasteiger partial charge in [0, 0.05) is 12.0 Å². The first-order valence-corrected chi connectivity index (χ1v) is 7.19. The number of nitrogens with one attached hydrogen (secondary N) is 1. The molecule has 108 valence electrons. The lowest BCUT2D eigenvalue weighted by Gasteiger charge is -2.27. The van der Waals surface area contributed by atoms with Gasteiger partial charge in [-0.25, -0.2) is 0 Å². The van der Waals surface area contributed by atoms with Crippen molar-refractivity contribution in [3.63, 3.8) is 0 Å².